The first-order valence-corrected chi connectivity index (χ1v) is 11.6. The number of benzene rings is 1. The predicted octanol–water partition coefficient (Wildman–Crippen LogP) is 2.88. The van der Waals surface area contributed by atoms with Crippen molar-refractivity contribution in [1.29, 1.82) is 0 Å². The van der Waals surface area contributed by atoms with E-state index in [1.54, 1.807) is 0 Å². The smallest absolute Gasteiger partial charge is 0.226 e. The number of hydrogen-bond acceptors (Lipinski definition) is 2. The molecule has 1 aromatic rings. The third kappa shape index (κ3) is 2.79. The van der Waals surface area contributed by atoms with Crippen molar-refractivity contribution in [1.82, 2.24) is 4.90 Å². The molecule has 3 atom stereocenters. The summed E-state index contributed by atoms with van der Waals surface area (Å²) in [6.07, 6.45) is 1.51. The van der Waals surface area contributed by atoms with E-state index < -0.39 is 13.7 Å². The molecule has 1 N–H and O–H groups in total. The maximum atomic E-state index is 12.5. The number of rotatable bonds is 4. The summed E-state index contributed by atoms with van der Waals surface area (Å²) in [6, 6.07) is 11.0. The van der Waals surface area contributed by atoms with Crippen molar-refractivity contribution in [3.8, 4) is 0 Å². The summed E-state index contributed by atoms with van der Waals surface area (Å²) in [4.78, 5) is 14.4. The van der Waals surface area contributed by atoms with Crippen molar-refractivity contribution in [2.45, 2.75) is 56.7 Å². The Kier molecular flexibility index (Phi) is 3.49. The molecule has 114 valence electrons. The van der Waals surface area contributed by atoms with Crippen LogP contribution < -0.4 is 0 Å². The molecule has 3 nitrogen and oxygen atoms in total. The van der Waals surface area contributed by atoms with Gasteiger partial charge in [-0.15, -0.1) is 0 Å². The monoisotopic (exact) mass is 303 g/mol. The van der Waals surface area contributed by atoms with Gasteiger partial charge in [-0.05, 0) is 24.4 Å². The van der Waals surface area contributed by atoms with Gasteiger partial charge in [-0.25, -0.2) is 0 Å². The van der Waals surface area contributed by atoms with Crippen molar-refractivity contribution in [3.63, 3.8) is 0 Å². The summed E-state index contributed by atoms with van der Waals surface area (Å²) < 4.78 is 0. The molecule has 1 heterocycles. The summed E-state index contributed by atoms with van der Waals surface area (Å²) in [5.41, 5.74) is 0.492. The molecule has 0 radical (unpaired) electrons. The Morgan fingerprint density at radius 2 is 1.95 bits per heavy atom. The standard InChI is InChI=1S/C17H25NO2Si/c1-21(2,3)12-17(20)10-14-9-15(17)18(16(14)19)11-13-7-5-4-6-8-13/h4-8,14-15,20H,9-12H2,1-3H3. The highest BCUT2D eigenvalue weighted by Gasteiger charge is 2.58. The first-order chi connectivity index (χ1) is 9.78. The second kappa shape index (κ2) is 4.95. The maximum absolute atomic E-state index is 12.5. The van der Waals surface area contributed by atoms with E-state index in [1.807, 2.05) is 23.1 Å². The van der Waals surface area contributed by atoms with Crippen molar-refractivity contribution < 1.29 is 9.90 Å². The van der Waals surface area contributed by atoms with Crippen LogP contribution in [-0.4, -0.2) is 35.6 Å². The molecule has 4 heteroatoms. The van der Waals surface area contributed by atoms with Crippen LogP contribution in [0.1, 0.15) is 18.4 Å². The van der Waals surface area contributed by atoms with Crippen LogP contribution in [0.3, 0.4) is 0 Å². The Hall–Kier alpha value is -1.13. The molecule has 21 heavy (non-hydrogen) atoms. The second-order valence-corrected chi connectivity index (χ2v) is 13.4. The lowest BCUT2D eigenvalue weighted by Gasteiger charge is -2.42. The molecule has 1 aliphatic heterocycles. The SMILES string of the molecule is C[Si](C)(C)CC1(O)CC2CC1N(Cc1ccccc1)C2=O. The van der Waals surface area contributed by atoms with Crippen molar-refractivity contribution >= 4 is 14.0 Å². The van der Waals surface area contributed by atoms with Gasteiger partial charge in [-0.2, -0.15) is 0 Å². The first kappa shape index (κ1) is 14.8. The van der Waals surface area contributed by atoms with E-state index in [1.165, 1.54) is 0 Å². The highest BCUT2D eigenvalue weighted by atomic mass is 28.3. The van der Waals surface area contributed by atoms with E-state index in [0.29, 0.717) is 13.0 Å². The van der Waals surface area contributed by atoms with Gasteiger partial charge in [0.15, 0.2) is 0 Å². The molecule has 3 rings (SSSR count). The second-order valence-electron chi connectivity index (χ2n) is 7.95. The van der Waals surface area contributed by atoms with Crippen LogP contribution in [0.5, 0.6) is 0 Å². The molecule has 1 saturated carbocycles. The topological polar surface area (TPSA) is 40.5 Å². The summed E-state index contributed by atoms with van der Waals surface area (Å²) >= 11 is 0. The molecule has 1 amide bonds. The van der Waals surface area contributed by atoms with Crippen LogP contribution in [0.2, 0.25) is 25.7 Å². The number of carbonyl (C=O) groups is 1. The number of nitrogens with zero attached hydrogens (tertiary/aromatic N) is 1. The van der Waals surface area contributed by atoms with Crippen LogP contribution in [0, 0.1) is 5.92 Å². The van der Waals surface area contributed by atoms with Crippen LogP contribution in [0.15, 0.2) is 30.3 Å². The van der Waals surface area contributed by atoms with Crippen LogP contribution in [-0.2, 0) is 11.3 Å². The minimum absolute atomic E-state index is 0.0157. The van der Waals surface area contributed by atoms with E-state index in [9.17, 15) is 9.90 Å². The molecule has 1 aliphatic carbocycles. The fourth-order valence-electron chi connectivity index (χ4n) is 4.21. The number of piperidine rings is 1. The quantitative estimate of drug-likeness (QED) is 0.869. The van der Waals surface area contributed by atoms with Gasteiger partial charge in [-0.3, -0.25) is 4.79 Å². The minimum Gasteiger partial charge on any atom is -0.388 e. The average molecular weight is 303 g/mol. The zero-order valence-corrected chi connectivity index (χ0v) is 14.2. The zero-order valence-electron chi connectivity index (χ0n) is 13.2. The molecule has 2 fully saturated rings. The summed E-state index contributed by atoms with van der Waals surface area (Å²) in [6.45, 7) is 7.51. The van der Waals surface area contributed by atoms with Crippen molar-refractivity contribution in [3.05, 3.63) is 35.9 Å². The molecule has 3 unspecified atom stereocenters. The Morgan fingerprint density at radius 3 is 2.52 bits per heavy atom. The number of aliphatic hydroxyl groups is 1. The van der Waals surface area contributed by atoms with Crippen LogP contribution in [0.4, 0.5) is 0 Å². The van der Waals surface area contributed by atoms with E-state index >= 15 is 0 Å². The number of fused-ring (bicyclic) bond motifs is 2. The average Bonchev–Trinajstić information content (AvgIpc) is 2.85. The Bertz CT molecular complexity index is 539. The van der Waals surface area contributed by atoms with Gasteiger partial charge < -0.3 is 10.0 Å². The van der Waals surface area contributed by atoms with E-state index in [-0.39, 0.29) is 17.9 Å². The minimum atomic E-state index is -1.36. The van der Waals surface area contributed by atoms with E-state index in [0.717, 1.165) is 18.0 Å². The van der Waals surface area contributed by atoms with Gasteiger partial charge in [0.2, 0.25) is 5.91 Å². The van der Waals surface area contributed by atoms with Crippen LogP contribution >= 0.6 is 0 Å². The third-order valence-corrected chi connectivity index (χ3v) is 6.44. The molecule has 0 spiro atoms. The largest absolute Gasteiger partial charge is 0.388 e. The Labute approximate surface area is 128 Å². The van der Waals surface area contributed by atoms with Crippen LogP contribution in [0.25, 0.3) is 0 Å². The summed E-state index contributed by atoms with van der Waals surface area (Å²) in [5, 5.41) is 11.1. The van der Waals surface area contributed by atoms with Gasteiger partial charge in [0, 0.05) is 20.5 Å². The van der Waals surface area contributed by atoms with Crippen molar-refractivity contribution in [2.75, 3.05) is 0 Å². The number of hydrogen-bond donors (Lipinski definition) is 1. The fourth-order valence-corrected chi connectivity index (χ4v) is 6.42. The first-order valence-electron chi connectivity index (χ1n) is 7.85. The molecule has 1 saturated heterocycles. The van der Waals surface area contributed by atoms with Gasteiger partial charge in [0.25, 0.3) is 0 Å². The maximum Gasteiger partial charge on any atom is 0.226 e. The summed E-state index contributed by atoms with van der Waals surface area (Å²) in [5.74, 6) is 0.282. The zero-order chi connectivity index (χ0) is 15.3. The number of amides is 1. The highest BCUT2D eigenvalue weighted by molar-refractivity contribution is 6.76. The van der Waals surface area contributed by atoms with E-state index in [2.05, 4.69) is 31.8 Å². The fraction of sp³-hybridized carbons (Fsp3) is 0.588. The van der Waals surface area contributed by atoms with Gasteiger partial charge in [-0.1, -0.05) is 50.0 Å². The Balaban J connectivity index is 1.81. The molecule has 0 aromatic heterocycles. The molecular formula is C17H25NO2Si. The third-order valence-electron chi connectivity index (χ3n) is 4.77. The predicted molar refractivity (Wildman–Crippen MR) is 86.6 cm³/mol. The normalized spacial score (nSPS) is 32.0. The molecular weight excluding hydrogens is 278 g/mol. The lowest BCUT2D eigenvalue weighted by molar-refractivity contribution is -0.143. The van der Waals surface area contributed by atoms with Gasteiger partial charge >= 0.3 is 0 Å². The Morgan fingerprint density at radius 1 is 1.29 bits per heavy atom. The van der Waals surface area contributed by atoms with Gasteiger partial charge in [0.05, 0.1) is 11.6 Å². The molecule has 2 bridgehead atoms. The van der Waals surface area contributed by atoms with Crippen molar-refractivity contribution in [2.24, 2.45) is 5.92 Å². The molecule has 1 aromatic carbocycles. The molecule has 2 aliphatic rings. The van der Waals surface area contributed by atoms with Gasteiger partial charge in [0.1, 0.15) is 0 Å². The summed E-state index contributed by atoms with van der Waals surface area (Å²) in [7, 11) is -1.36. The number of carbonyl (C=O) groups excluding carboxylic acids is 1. The van der Waals surface area contributed by atoms with E-state index in [4.69, 9.17) is 0 Å². The lowest BCUT2D eigenvalue weighted by atomic mass is 9.94. The highest BCUT2D eigenvalue weighted by Crippen LogP contribution is 2.49. The number of likely N-dealkylation sites (tertiary alicyclic amines) is 1. The lowest BCUT2D eigenvalue weighted by Crippen LogP contribution is -2.55.